The standard InChI is InChI=1S/C12H12O4/c13-10(6-7-12(15)16)8-11(14)9-4-2-1-3-5-9/h1-5H,6-8H2,(H,15,16). The van der Waals surface area contributed by atoms with E-state index in [-0.39, 0.29) is 30.8 Å². The number of ketones is 2. The highest BCUT2D eigenvalue weighted by atomic mass is 16.4. The predicted octanol–water partition coefficient (Wildman–Crippen LogP) is 1.69. The zero-order valence-corrected chi connectivity index (χ0v) is 8.68. The molecule has 0 fully saturated rings. The number of carboxylic acid groups (broad SMARTS) is 1. The van der Waals surface area contributed by atoms with Crippen LogP contribution >= 0.6 is 0 Å². The number of carbonyl (C=O) groups excluding carboxylic acids is 2. The van der Waals surface area contributed by atoms with Gasteiger partial charge in [-0.05, 0) is 0 Å². The fourth-order valence-electron chi connectivity index (χ4n) is 1.24. The molecule has 0 saturated carbocycles. The molecule has 0 bridgehead atoms. The van der Waals surface area contributed by atoms with Crippen molar-refractivity contribution in [2.45, 2.75) is 19.3 Å². The summed E-state index contributed by atoms with van der Waals surface area (Å²) in [4.78, 5) is 33.0. The van der Waals surface area contributed by atoms with Crippen molar-refractivity contribution in [2.24, 2.45) is 0 Å². The quantitative estimate of drug-likeness (QED) is 0.585. The fourth-order valence-corrected chi connectivity index (χ4v) is 1.24. The Labute approximate surface area is 92.9 Å². The average Bonchev–Trinajstić information content (AvgIpc) is 2.27. The highest BCUT2D eigenvalue weighted by Gasteiger charge is 2.12. The predicted molar refractivity (Wildman–Crippen MR) is 57.3 cm³/mol. The number of Topliss-reactive ketones (excluding diaryl/α,β-unsaturated/α-hetero) is 2. The van der Waals surface area contributed by atoms with Crippen LogP contribution in [0.4, 0.5) is 0 Å². The summed E-state index contributed by atoms with van der Waals surface area (Å²) in [6, 6.07) is 8.48. The highest BCUT2D eigenvalue weighted by molar-refractivity contribution is 6.08. The normalized spacial score (nSPS) is 9.75. The van der Waals surface area contributed by atoms with Crippen LogP contribution in [0.3, 0.4) is 0 Å². The molecule has 0 saturated heterocycles. The Bertz CT molecular complexity index is 395. The summed E-state index contributed by atoms with van der Waals surface area (Å²) in [5.74, 6) is -1.63. The maximum Gasteiger partial charge on any atom is 0.303 e. The summed E-state index contributed by atoms with van der Waals surface area (Å²) >= 11 is 0. The Balaban J connectivity index is 2.46. The second kappa shape index (κ2) is 5.80. The molecule has 0 aromatic heterocycles. The van der Waals surface area contributed by atoms with Crippen molar-refractivity contribution in [1.82, 2.24) is 0 Å². The molecule has 4 nitrogen and oxygen atoms in total. The van der Waals surface area contributed by atoms with Gasteiger partial charge < -0.3 is 5.11 Å². The van der Waals surface area contributed by atoms with Crippen molar-refractivity contribution in [2.75, 3.05) is 0 Å². The van der Waals surface area contributed by atoms with Crippen molar-refractivity contribution in [1.29, 1.82) is 0 Å². The second-order valence-electron chi connectivity index (χ2n) is 3.40. The number of benzene rings is 1. The van der Waals surface area contributed by atoms with E-state index in [2.05, 4.69) is 0 Å². The van der Waals surface area contributed by atoms with Gasteiger partial charge in [0.1, 0.15) is 5.78 Å². The minimum absolute atomic E-state index is 0.0894. The SMILES string of the molecule is O=C(O)CCC(=O)CC(=O)c1ccccc1. The van der Waals surface area contributed by atoms with Gasteiger partial charge in [-0.25, -0.2) is 0 Å². The van der Waals surface area contributed by atoms with E-state index in [0.717, 1.165) is 0 Å². The third kappa shape index (κ3) is 4.04. The molecule has 1 aromatic rings. The molecule has 84 valence electrons. The lowest BCUT2D eigenvalue weighted by atomic mass is 10.0. The number of hydrogen-bond donors (Lipinski definition) is 1. The van der Waals surface area contributed by atoms with Crippen molar-refractivity contribution < 1.29 is 19.5 Å². The largest absolute Gasteiger partial charge is 0.481 e. The van der Waals surface area contributed by atoms with Crippen molar-refractivity contribution in [3.05, 3.63) is 35.9 Å². The fraction of sp³-hybridized carbons (Fsp3) is 0.250. The van der Waals surface area contributed by atoms with E-state index in [1.54, 1.807) is 30.3 Å². The van der Waals surface area contributed by atoms with Gasteiger partial charge >= 0.3 is 5.97 Å². The van der Waals surface area contributed by atoms with Crippen LogP contribution in [0.1, 0.15) is 29.6 Å². The smallest absolute Gasteiger partial charge is 0.303 e. The summed E-state index contributed by atoms with van der Waals surface area (Å²) in [5, 5.41) is 8.38. The lowest BCUT2D eigenvalue weighted by Gasteiger charge is -1.99. The first-order valence-electron chi connectivity index (χ1n) is 4.91. The number of carboxylic acids is 1. The Kier molecular flexibility index (Phi) is 4.39. The van der Waals surface area contributed by atoms with Crippen LogP contribution < -0.4 is 0 Å². The van der Waals surface area contributed by atoms with Gasteiger partial charge in [0.25, 0.3) is 0 Å². The lowest BCUT2D eigenvalue weighted by molar-refractivity contribution is -0.138. The van der Waals surface area contributed by atoms with Gasteiger partial charge in [0.2, 0.25) is 0 Å². The monoisotopic (exact) mass is 220 g/mol. The minimum atomic E-state index is -1.03. The molecular formula is C12H12O4. The maximum absolute atomic E-state index is 11.5. The summed E-state index contributed by atoms with van der Waals surface area (Å²) < 4.78 is 0. The van der Waals surface area contributed by atoms with Gasteiger partial charge in [0.05, 0.1) is 12.8 Å². The van der Waals surface area contributed by atoms with E-state index in [1.807, 2.05) is 0 Å². The van der Waals surface area contributed by atoms with Crippen LogP contribution in [0.2, 0.25) is 0 Å². The van der Waals surface area contributed by atoms with E-state index in [1.165, 1.54) is 0 Å². The first-order valence-corrected chi connectivity index (χ1v) is 4.91. The topological polar surface area (TPSA) is 71.4 Å². The second-order valence-corrected chi connectivity index (χ2v) is 3.40. The number of aliphatic carboxylic acids is 1. The van der Waals surface area contributed by atoms with Crippen molar-refractivity contribution in [3.8, 4) is 0 Å². The molecule has 16 heavy (non-hydrogen) atoms. The molecule has 0 aliphatic heterocycles. The van der Waals surface area contributed by atoms with E-state index in [0.29, 0.717) is 5.56 Å². The van der Waals surface area contributed by atoms with E-state index < -0.39 is 5.97 Å². The molecule has 0 amide bonds. The van der Waals surface area contributed by atoms with Crippen LogP contribution in [0, 0.1) is 0 Å². The van der Waals surface area contributed by atoms with Gasteiger partial charge in [0, 0.05) is 12.0 Å². The number of rotatable bonds is 6. The van der Waals surface area contributed by atoms with Crippen molar-refractivity contribution >= 4 is 17.5 Å². The molecular weight excluding hydrogens is 208 g/mol. The van der Waals surface area contributed by atoms with Crippen LogP contribution in [0.15, 0.2) is 30.3 Å². The molecule has 1 N–H and O–H groups in total. The molecule has 0 atom stereocenters. The molecule has 0 spiro atoms. The Morgan fingerprint density at radius 3 is 2.19 bits per heavy atom. The van der Waals surface area contributed by atoms with Crippen LogP contribution in [0.25, 0.3) is 0 Å². The number of hydrogen-bond acceptors (Lipinski definition) is 3. The number of carbonyl (C=O) groups is 3. The molecule has 4 heteroatoms. The molecule has 1 rings (SSSR count). The maximum atomic E-state index is 11.5. The van der Waals surface area contributed by atoms with Gasteiger partial charge in [0.15, 0.2) is 5.78 Å². The summed E-state index contributed by atoms with van der Waals surface area (Å²) in [6.07, 6.45) is -0.536. The minimum Gasteiger partial charge on any atom is -0.481 e. The summed E-state index contributed by atoms with van der Waals surface area (Å²) in [5.41, 5.74) is 0.478. The van der Waals surface area contributed by atoms with Crippen molar-refractivity contribution in [3.63, 3.8) is 0 Å². The summed E-state index contributed by atoms with van der Waals surface area (Å²) in [7, 11) is 0. The average molecular weight is 220 g/mol. The third-order valence-corrected chi connectivity index (χ3v) is 2.07. The molecule has 0 radical (unpaired) electrons. The summed E-state index contributed by atoms with van der Waals surface area (Å²) in [6.45, 7) is 0. The molecule has 0 aliphatic rings. The Morgan fingerprint density at radius 2 is 1.62 bits per heavy atom. The van der Waals surface area contributed by atoms with Gasteiger partial charge in [-0.15, -0.1) is 0 Å². The van der Waals surface area contributed by atoms with Gasteiger partial charge in [-0.3, -0.25) is 14.4 Å². The van der Waals surface area contributed by atoms with Gasteiger partial charge in [-0.1, -0.05) is 30.3 Å². The molecule has 1 aromatic carbocycles. The molecule has 0 aliphatic carbocycles. The Morgan fingerprint density at radius 1 is 1.00 bits per heavy atom. The third-order valence-electron chi connectivity index (χ3n) is 2.07. The molecule has 0 heterocycles. The lowest BCUT2D eigenvalue weighted by Crippen LogP contribution is -2.09. The highest BCUT2D eigenvalue weighted by Crippen LogP contribution is 2.05. The van der Waals surface area contributed by atoms with Crippen LogP contribution in [-0.4, -0.2) is 22.6 Å². The van der Waals surface area contributed by atoms with E-state index in [9.17, 15) is 14.4 Å². The van der Waals surface area contributed by atoms with Gasteiger partial charge in [-0.2, -0.15) is 0 Å². The van der Waals surface area contributed by atoms with Crippen LogP contribution in [0.5, 0.6) is 0 Å². The van der Waals surface area contributed by atoms with Crippen LogP contribution in [-0.2, 0) is 9.59 Å². The van der Waals surface area contributed by atoms with E-state index in [4.69, 9.17) is 5.11 Å². The Hall–Kier alpha value is -1.97. The molecule has 0 unspecified atom stereocenters. The van der Waals surface area contributed by atoms with E-state index >= 15 is 0 Å². The first-order chi connectivity index (χ1) is 7.59. The zero-order chi connectivity index (χ0) is 12.0. The zero-order valence-electron chi connectivity index (χ0n) is 8.68. The first kappa shape index (κ1) is 12.1.